The molecule has 22 heavy (non-hydrogen) atoms. The Morgan fingerprint density at radius 2 is 1.91 bits per heavy atom. The fourth-order valence-corrected chi connectivity index (χ4v) is 3.03. The van der Waals surface area contributed by atoms with Gasteiger partial charge in [0.05, 0.1) is 20.3 Å². The first kappa shape index (κ1) is 16.7. The van der Waals surface area contributed by atoms with Crippen LogP contribution < -0.4 is 9.47 Å². The summed E-state index contributed by atoms with van der Waals surface area (Å²) in [5.41, 5.74) is 1.14. The Hall–Kier alpha value is -1.71. The highest BCUT2D eigenvalue weighted by molar-refractivity contribution is 5.77. The Bertz CT molecular complexity index is 534. The molecule has 2 rings (SSSR count). The SMILES string of the molecule is COc1ccc(C2CCCN2C(=O)CC(C)(C)C)cc1OC. The molecule has 1 aliphatic heterocycles. The van der Waals surface area contributed by atoms with Crippen molar-refractivity contribution in [2.75, 3.05) is 20.8 Å². The number of ether oxygens (including phenoxy) is 2. The van der Waals surface area contributed by atoms with Crippen LogP contribution in [0.25, 0.3) is 0 Å². The van der Waals surface area contributed by atoms with Crippen molar-refractivity contribution in [1.82, 2.24) is 4.90 Å². The topological polar surface area (TPSA) is 38.8 Å². The van der Waals surface area contributed by atoms with Crippen molar-refractivity contribution < 1.29 is 14.3 Å². The molecular formula is C18H27NO3. The van der Waals surface area contributed by atoms with E-state index >= 15 is 0 Å². The van der Waals surface area contributed by atoms with Gasteiger partial charge in [0.15, 0.2) is 11.5 Å². The zero-order valence-corrected chi connectivity index (χ0v) is 14.3. The molecule has 0 N–H and O–H groups in total. The second-order valence-electron chi connectivity index (χ2n) is 7.10. The van der Waals surface area contributed by atoms with Crippen molar-refractivity contribution in [3.8, 4) is 11.5 Å². The lowest BCUT2D eigenvalue weighted by atomic mass is 9.91. The summed E-state index contributed by atoms with van der Waals surface area (Å²) in [4.78, 5) is 14.6. The molecule has 1 aromatic rings. The quantitative estimate of drug-likeness (QED) is 0.849. The van der Waals surface area contributed by atoms with Gasteiger partial charge in [0.25, 0.3) is 0 Å². The third kappa shape index (κ3) is 3.73. The van der Waals surface area contributed by atoms with E-state index in [0.29, 0.717) is 6.42 Å². The van der Waals surface area contributed by atoms with E-state index in [1.54, 1.807) is 14.2 Å². The summed E-state index contributed by atoms with van der Waals surface area (Å²) < 4.78 is 10.7. The van der Waals surface area contributed by atoms with Crippen LogP contribution in [0.1, 0.15) is 51.6 Å². The van der Waals surface area contributed by atoms with Gasteiger partial charge < -0.3 is 14.4 Å². The van der Waals surface area contributed by atoms with Crippen LogP contribution in [-0.2, 0) is 4.79 Å². The van der Waals surface area contributed by atoms with E-state index in [9.17, 15) is 4.79 Å². The van der Waals surface area contributed by atoms with E-state index in [0.717, 1.165) is 36.4 Å². The first-order valence-corrected chi connectivity index (χ1v) is 7.87. The first-order valence-electron chi connectivity index (χ1n) is 7.87. The molecule has 1 aromatic carbocycles. The lowest BCUT2D eigenvalue weighted by molar-refractivity contribution is -0.134. The normalized spacial score (nSPS) is 18.4. The van der Waals surface area contributed by atoms with Crippen LogP contribution in [0.2, 0.25) is 0 Å². The van der Waals surface area contributed by atoms with Crippen molar-refractivity contribution in [3.63, 3.8) is 0 Å². The summed E-state index contributed by atoms with van der Waals surface area (Å²) in [6, 6.07) is 6.09. The van der Waals surface area contributed by atoms with Gasteiger partial charge in [-0.3, -0.25) is 4.79 Å². The highest BCUT2D eigenvalue weighted by Gasteiger charge is 2.32. The highest BCUT2D eigenvalue weighted by atomic mass is 16.5. The van der Waals surface area contributed by atoms with Gasteiger partial charge in [0.2, 0.25) is 5.91 Å². The van der Waals surface area contributed by atoms with Crippen molar-refractivity contribution in [2.24, 2.45) is 5.41 Å². The summed E-state index contributed by atoms with van der Waals surface area (Å²) in [6.07, 6.45) is 2.64. The molecule has 1 saturated heterocycles. The maximum Gasteiger partial charge on any atom is 0.223 e. The Morgan fingerprint density at radius 3 is 2.50 bits per heavy atom. The average Bonchev–Trinajstić information content (AvgIpc) is 2.94. The van der Waals surface area contributed by atoms with Crippen LogP contribution in [0.5, 0.6) is 11.5 Å². The summed E-state index contributed by atoms with van der Waals surface area (Å²) in [5, 5.41) is 0. The third-order valence-corrected chi connectivity index (χ3v) is 4.05. The van der Waals surface area contributed by atoms with Crippen LogP contribution in [0.4, 0.5) is 0 Å². The Labute approximate surface area is 133 Å². The molecule has 1 unspecified atom stereocenters. The van der Waals surface area contributed by atoms with Crippen LogP contribution >= 0.6 is 0 Å². The molecule has 1 amide bonds. The average molecular weight is 305 g/mol. The van der Waals surface area contributed by atoms with E-state index < -0.39 is 0 Å². The Kier molecular flexibility index (Phi) is 4.99. The van der Waals surface area contributed by atoms with E-state index in [1.165, 1.54) is 0 Å². The lowest BCUT2D eigenvalue weighted by Crippen LogP contribution is -2.33. The number of nitrogens with zero attached hydrogens (tertiary/aromatic N) is 1. The minimum Gasteiger partial charge on any atom is -0.493 e. The monoisotopic (exact) mass is 305 g/mol. The number of amides is 1. The summed E-state index contributed by atoms with van der Waals surface area (Å²) >= 11 is 0. The molecular weight excluding hydrogens is 278 g/mol. The summed E-state index contributed by atoms with van der Waals surface area (Å²) in [6.45, 7) is 7.15. The van der Waals surface area contributed by atoms with Crippen LogP contribution in [-0.4, -0.2) is 31.6 Å². The number of hydrogen-bond acceptors (Lipinski definition) is 3. The molecule has 0 saturated carbocycles. The molecule has 1 fully saturated rings. The van der Waals surface area contributed by atoms with Gasteiger partial charge in [0.1, 0.15) is 0 Å². The predicted octanol–water partition coefficient (Wildman–Crippen LogP) is 3.80. The highest BCUT2D eigenvalue weighted by Crippen LogP contribution is 2.38. The second kappa shape index (κ2) is 6.59. The standard InChI is InChI=1S/C18H27NO3/c1-18(2,3)12-17(20)19-10-6-7-14(19)13-8-9-15(21-4)16(11-13)22-5/h8-9,11,14H,6-7,10,12H2,1-5H3. The van der Waals surface area contributed by atoms with Gasteiger partial charge in [-0.1, -0.05) is 26.8 Å². The van der Waals surface area contributed by atoms with E-state index in [-0.39, 0.29) is 17.4 Å². The fourth-order valence-electron chi connectivity index (χ4n) is 3.03. The second-order valence-corrected chi connectivity index (χ2v) is 7.10. The molecule has 0 aliphatic carbocycles. The van der Waals surface area contributed by atoms with E-state index in [2.05, 4.69) is 20.8 Å². The molecule has 122 valence electrons. The Balaban J connectivity index is 2.22. The zero-order valence-electron chi connectivity index (χ0n) is 14.3. The summed E-state index contributed by atoms with van der Waals surface area (Å²) in [5.74, 6) is 1.68. The molecule has 4 heteroatoms. The molecule has 1 atom stereocenters. The largest absolute Gasteiger partial charge is 0.493 e. The maximum absolute atomic E-state index is 12.6. The molecule has 0 radical (unpaired) electrons. The van der Waals surface area contributed by atoms with Gasteiger partial charge in [-0.15, -0.1) is 0 Å². The molecule has 0 spiro atoms. The number of methoxy groups -OCH3 is 2. The molecule has 1 aliphatic rings. The van der Waals surface area contributed by atoms with Crippen LogP contribution in [0.15, 0.2) is 18.2 Å². The lowest BCUT2D eigenvalue weighted by Gasteiger charge is -2.28. The molecule has 4 nitrogen and oxygen atoms in total. The zero-order chi connectivity index (χ0) is 16.3. The molecule has 0 bridgehead atoms. The van der Waals surface area contributed by atoms with Crippen molar-refractivity contribution in [2.45, 2.75) is 46.1 Å². The van der Waals surface area contributed by atoms with Crippen molar-refractivity contribution in [3.05, 3.63) is 23.8 Å². The van der Waals surface area contributed by atoms with Gasteiger partial charge in [-0.2, -0.15) is 0 Å². The number of carbonyl (C=O) groups excluding carboxylic acids is 1. The third-order valence-electron chi connectivity index (χ3n) is 4.05. The molecule has 1 heterocycles. The molecule has 0 aromatic heterocycles. The van der Waals surface area contributed by atoms with Crippen molar-refractivity contribution in [1.29, 1.82) is 0 Å². The number of benzene rings is 1. The van der Waals surface area contributed by atoms with Gasteiger partial charge in [-0.05, 0) is 36.0 Å². The number of likely N-dealkylation sites (tertiary alicyclic amines) is 1. The number of hydrogen-bond donors (Lipinski definition) is 0. The van der Waals surface area contributed by atoms with Gasteiger partial charge >= 0.3 is 0 Å². The van der Waals surface area contributed by atoms with E-state index in [1.807, 2.05) is 23.1 Å². The van der Waals surface area contributed by atoms with E-state index in [4.69, 9.17) is 9.47 Å². The number of carbonyl (C=O) groups is 1. The van der Waals surface area contributed by atoms with Gasteiger partial charge in [0, 0.05) is 13.0 Å². The minimum atomic E-state index is 0.0157. The first-order chi connectivity index (χ1) is 10.4. The number of rotatable bonds is 4. The predicted molar refractivity (Wildman–Crippen MR) is 87.3 cm³/mol. The smallest absolute Gasteiger partial charge is 0.223 e. The van der Waals surface area contributed by atoms with Crippen LogP contribution in [0, 0.1) is 5.41 Å². The maximum atomic E-state index is 12.6. The Morgan fingerprint density at radius 1 is 1.23 bits per heavy atom. The summed E-state index contributed by atoms with van der Waals surface area (Å²) in [7, 11) is 3.27. The van der Waals surface area contributed by atoms with Crippen LogP contribution in [0.3, 0.4) is 0 Å². The minimum absolute atomic E-state index is 0.0157. The van der Waals surface area contributed by atoms with Gasteiger partial charge in [-0.25, -0.2) is 0 Å². The fraction of sp³-hybridized carbons (Fsp3) is 0.611. The van der Waals surface area contributed by atoms with Crippen molar-refractivity contribution >= 4 is 5.91 Å².